The molecular weight excluding hydrogens is 262 g/mol. The number of aromatic nitrogens is 2. The van der Waals surface area contributed by atoms with Gasteiger partial charge in [-0.1, -0.05) is 46.8 Å². The van der Waals surface area contributed by atoms with Crippen LogP contribution >= 0.6 is 0 Å². The first-order chi connectivity index (χ1) is 9.75. The van der Waals surface area contributed by atoms with E-state index in [-0.39, 0.29) is 11.3 Å². The lowest BCUT2D eigenvalue weighted by molar-refractivity contribution is 0.454. The molecule has 0 radical (unpaired) electrons. The molecule has 0 bridgehead atoms. The predicted octanol–water partition coefficient (Wildman–Crippen LogP) is 4.27. The Morgan fingerprint density at radius 2 is 1.81 bits per heavy atom. The van der Waals surface area contributed by atoms with Crippen LogP contribution in [0.1, 0.15) is 51.9 Å². The summed E-state index contributed by atoms with van der Waals surface area (Å²) >= 11 is 0. The number of hydrogen-bond donors (Lipinski definition) is 1. The van der Waals surface area contributed by atoms with Crippen LogP contribution in [0.5, 0.6) is 11.6 Å². The summed E-state index contributed by atoms with van der Waals surface area (Å²) in [5.74, 6) is 2.57. The maximum Gasteiger partial charge on any atom is 0.224 e. The average Bonchev–Trinajstić information content (AvgIpc) is 2.37. The molecule has 0 aliphatic heterocycles. The maximum atomic E-state index is 5.85. The molecule has 4 heteroatoms. The highest BCUT2D eigenvalue weighted by atomic mass is 16.5. The predicted molar refractivity (Wildman–Crippen MR) is 85.7 cm³/mol. The summed E-state index contributed by atoms with van der Waals surface area (Å²) in [6, 6.07) is 9.69. The molecule has 2 N–H and O–H groups in total. The molecular formula is C17H23N3O. The van der Waals surface area contributed by atoms with Gasteiger partial charge in [0.15, 0.2) is 0 Å². The molecule has 0 aliphatic rings. The van der Waals surface area contributed by atoms with Crippen molar-refractivity contribution < 1.29 is 4.74 Å². The van der Waals surface area contributed by atoms with Crippen molar-refractivity contribution >= 4 is 5.82 Å². The first kappa shape index (κ1) is 15.3. The number of anilines is 1. The second-order valence-electron chi connectivity index (χ2n) is 6.52. The largest absolute Gasteiger partial charge is 0.439 e. The normalized spacial score (nSPS) is 11.7. The van der Waals surface area contributed by atoms with E-state index in [1.54, 1.807) is 6.07 Å². The molecule has 1 heterocycles. The van der Waals surface area contributed by atoms with E-state index in [1.807, 2.05) is 32.0 Å². The molecule has 2 rings (SSSR count). The topological polar surface area (TPSA) is 61.0 Å². The molecule has 2 aromatic rings. The number of ether oxygens (including phenoxy) is 1. The fourth-order valence-electron chi connectivity index (χ4n) is 1.92. The first-order valence-electron chi connectivity index (χ1n) is 7.18. The van der Waals surface area contributed by atoms with Crippen molar-refractivity contribution in [1.82, 2.24) is 9.97 Å². The minimum absolute atomic E-state index is 0.0766. The molecule has 1 aromatic heterocycles. The zero-order chi connectivity index (χ0) is 15.6. The van der Waals surface area contributed by atoms with Gasteiger partial charge in [0, 0.05) is 12.0 Å². The number of benzene rings is 1. The molecule has 0 saturated heterocycles. The second-order valence-corrected chi connectivity index (χ2v) is 6.52. The molecule has 0 fully saturated rings. The summed E-state index contributed by atoms with van der Waals surface area (Å²) in [4.78, 5) is 8.63. The van der Waals surface area contributed by atoms with Gasteiger partial charge in [0.05, 0.1) is 0 Å². The van der Waals surface area contributed by atoms with Gasteiger partial charge in [-0.15, -0.1) is 0 Å². The van der Waals surface area contributed by atoms with Crippen LogP contribution in [0.2, 0.25) is 0 Å². The molecule has 0 unspecified atom stereocenters. The van der Waals surface area contributed by atoms with E-state index in [9.17, 15) is 0 Å². The molecule has 21 heavy (non-hydrogen) atoms. The summed E-state index contributed by atoms with van der Waals surface area (Å²) in [6.07, 6.45) is 0. The Balaban J connectivity index is 2.30. The minimum atomic E-state index is 0.0766. The van der Waals surface area contributed by atoms with E-state index >= 15 is 0 Å². The third kappa shape index (κ3) is 3.94. The Hall–Kier alpha value is -2.10. The summed E-state index contributed by atoms with van der Waals surface area (Å²) in [5.41, 5.74) is 7.11. The number of nitrogens with zero attached hydrogens (tertiary/aromatic N) is 2. The maximum absolute atomic E-state index is 5.85. The molecule has 0 aliphatic carbocycles. The molecule has 1 aromatic carbocycles. The van der Waals surface area contributed by atoms with Gasteiger partial charge in [0.25, 0.3) is 0 Å². The fourth-order valence-corrected chi connectivity index (χ4v) is 1.92. The third-order valence-electron chi connectivity index (χ3n) is 3.18. The van der Waals surface area contributed by atoms with Gasteiger partial charge in [0.2, 0.25) is 5.88 Å². The molecule has 0 spiro atoms. The number of rotatable bonds is 3. The fraction of sp³-hybridized carbons (Fsp3) is 0.412. The van der Waals surface area contributed by atoms with Crippen LogP contribution in [0, 0.1) is 0 Å². The monoisotopic (exact) mass is 285 g/mol. The lowest BCUT2D eigenvalue weighted by Gasteiger charge is -2.19. The van der Waals surface area contributed by atoms with Gasteiger partial charge in [0.1, 0.15) is 17.4 Å². The van der Waals surface area contributed by atoms with Gasteiger partial charge in [-0.2, -0.15) is 4.98 Å². The number of hydrogen-bond acceptors (Lipinski definition) is 4. The highest BCUT2D eigenvalue weighted by Gasteiger charge is 2.14. The van der Waals surface area contributed by atoms with Crippen LogP contribution in [0.3, 0.4) is 0 Å². The molecule has 112 valence electrons. The van der Waals surface area contributed by atoms with E-state index in [0.717, 1.165) is 5.75 Å². The quantitative estimate of drug-likeness (QED) is 0.914. The summed E-state index contributed by atoms with van der Waals surface area (Å²) in [5, 5.41) is 0. The number of nitrogen functional groups attached to an aromatic ring is 1. The van der Waals surface area contributed by atoms with Gasteiger partial charge in [-0.25, -0.2) is 4.98 Å². The van der Waals surface area contributed by atoms with Gasteiger partial charge >= 0.3 is 0 Å². The minimum Gasteiger partial charge on any atom is -0.439 e. The van der Waals surface area contributed by atoms with E-state index in [2.05, 4.69) is 36.8 Å². The summed E-state index contributed by atoms with van der Waals surface area (Å²) in [6.45, 7) is 10.6. The zero-order valence-corrected chi connectivity index (χ0v) is 13.3. The van der Waals surface area contributed by atoms with E-state index < -0.39 is 0 Å². The van der Waals surface area contributed by atoms with Gasteiger partial charge < -0.3 is 10.5 Å². The van der Waals surface area contributed by atoms with Crippen LogP contribution in [0.15, 0.2) is 30.3 Å². The van der Waals surface area contributed by atoms with Crippen molar-refractivity contribution in [2.75, 3.05) is 5.73 Å². The first-order valence-corrected chi connectivity index (χ1v) is 7.18. The van der Waals surface area contributed by atoms with Crippen LogP contribution in [-0.2, 0) is 5.41 Å². The second kappa shape index (κ2) is 5.72. The highest BCUT2D eigenvalue weighted by molar-refractivity contribution is 5.38. The van der Waals surface area contributed by atoms with Gasteiger partial charge in [-0.3, -0.25) is 0 Å². The Kier molecular flexibility index (Phi) is 4.16. The Bertz CT molecular complexity index is 630. The summed E-state index contributed by atoms with van der Waals surface area (Å²) in [7, 11) is 0. The SMILES string of the molecule is CC(C)c1nc(N)cc(Oc2cccc(C(C)(C)C)c2)n1. The summed E-state index contributed by atoms with van der Waals surface area (Å²) < 4.78 is 5.85. The Morgan fingerprint density at radius 1 is 1.10 bits per heavy atom. The van der Waals surface area contributed by atoms with Crippen LogP contribution in [0.4, 0.5) is 5.82 Å². The molecule has 4 nitrogen and oxygen atoms in total. The third-order valence-corrected chi connectivity index (χ3v) is 3.18. The Morgan fingerprint density at radius 3 is 2.43 bits per heavy atom. The number of nitrogens with two attached hydrogens (primary N) is 1. The van der Waals surface area contributed by atoms with Crippen molar-refractivity contribution in [3.05, 3.63) is 41.7 Å². The van der Waals surface area contributed by atoms with E-state index in [0.29, 0.717) is 17.5 Å². The molecule has 0 amide bonds. The lowest BCUT2D eigenvalue weighted by Crippen LogP contribution is -2.10. The standard InChI is InChI=1S/C17H23N3O/c1-11(2)16-19-14(18)10-15(20-16)21-13-8-6-7-12(9-13)17(3,4)5/h6-11H,1-5H3,(H2,18,19,20). The molecule has 0 atom stereocenters. The van der Waals surface area contributed by atoms with Crippen LogP contribution < -0.4 is 10.5 Å². The van der Waals surface area contributed by atoms with Gasteiger partial charge in [-0.05, 0) is 23.1 Å². The Labute approximate surface area is 126 Å². The van der Waals surface area contributed by atoms with Crippen molar-refractivity contribution in [1.29, 1.82) is 0 Å². The van der Waals surface area contributed by atoms with Crippen LogP contribution in [-0.4, -0.2) is 9.97 Å². The average molecular weight is 285 g/mol. The van der Waals surface area contributed by atoms with Crippen molar-refractivity contribution in [3.8, 4) is 11.6 Å². The molecule has 0 saturated carbocycles. The lowest BCUT2D eigenvalue weighted by atomic mass is 9.87. The highest BCUT2D eigenvalue weighted by Crippen LogP contribution is 2.28. The van der Waals surface area contributed by atoms with E-state index in [1.165, 1.54) is 5.56 Å². The van der Waals surface area contributed by atoms with E-state index in [4.69, 9.17) is 10.5 Å². The van der Waals surface area contributed by atoms with Crippen LogP contribution in [0.25, 0.3) is 0 Å². The smallest absolute Gasteiger partial charge is 0.224 e. The van der Waals surface area contributed by atoms with Crippen molar-refractivity contribution in [2.24, 2.45) is 0 Å². The van der Waals surface area contributed by atoms with Crippen molar-refractivity contribution in [2.45, 2.75) is 46.0 Å². The zero-order valence-electron chi connectivity index (χ0n) is 13.3. The van der Waals surface area contributed by atoms with Crippen molar-refractivity contribution in [3.63, 3.8) is 0 Å².